The van der Waals surface area contributed by atoms with Crippen molar-refractivity contribution in [2.24, 2.45) is 11.8 Å². The predicted octanol–water partition coefficient (Wildman–Crippen LogP) is 6.22. The number of ether oxygens (including phenoxy) is 2. The van der Waals surface area contributed by atoms with Crippen LogP contribution in [0.5, 0.6) is 0 Å². The van der Waals surface area contributed by atoms with E-state index in [0.29, 0.717) is 12.0 Å². The van der Waals surface area contributed by atoms with Crippen molar-refractivity contribution in [2.75, 3.05) is 31.7 Å². The molecule has 35 heavy (non-hydrogen) atoms. The van der Waals surface area contributed by atoms with Crippen LogP contribution in [-0.4, -0.2) is 49.1 Å². The van der Waals surface area contributed by atoms with Crippen molar-refractivity contribution in [3.63, 3.8) is 0 Å². The highest BCUT2D eigenvalue weighted by molar-refractivity contribution is 7.14. The van der Waals surface area contributed by atoms with E-state index in [9.17, 15) is 4.79 Å². The van der Waals surface area contributed by atoms with E-state index in [-0.39, 0.29) is 11.9 Å². The molecule has 6 nitrogen and oxygen atoms in total. The normalized spacial score (nSPS) is 24.4. The third-order valence-corrected chi connectivity index (χ3v) is 9.40. The molecule has 1 aliphatic heterocycles. The van der Waals surface area contributed by atoms with Gasteiger partial charge in [0.05, 0.1) is 19.1 Å². The van der Waals surface area contributed by atoms with Crippen LogP contribution in [0.3, 0.4) is 0 Å². The predicted molar refractivity (Wildman–Crippen MR) is 140 cm³/mol. The molecule has 2 saturated carbocycles. The number of aromatic nitrogens is 2. The van der Waals surface area contributed by atoms with Gasteiger partial charge < -0.3 is 14.4 Å². The number of hydrogen-bond donors (Lipinski definition) is 0. The first-order chi connectivity index (χ1) is 17.2. The monoisotopic (exact) mass is 497 g/mol. The number of hydrogen-bond acceptors (Lipinski definition) is 7. The lowest BCUT2D eigenvalue weighted by Gasteiger charge is -2.34. The van der Waals surface area contributed by atoms with E-state index in [1.807, 2.05) is 0 Å². The average molecular weight is 498 g/mol. The molecular weight excluding hydrogens is 458 g/mol. The zero-order chi connectivity index (χ0) is 24.0. The maximum Gasteiger partial charge on any atom is 0.308 e. The second-order valence-corrected chi connectivity index (χ2v) is 11.6. The Morgan fingerprint density at radius 2 is 1.66 bits per heavy atom. The fourth-order valence-corrected chi connectivity index (χ4v) is 7.00. The molecule has 0 atom stereocenters. The lowest BCUT2D eigenvalue weighted by Crippen LogP contribution is -2.37. The van der Waals surface area contributed by atoms with Gasteiger partial charge in [0.25, 0.3) is 0 Å². The fourth-order valence-electron chi connectivity index (χ4n) is 5.98. The van der Waals surface area contributed by atoms with Crippen molar-refractivity contribution in [2.45, 2.75) is 82.7 Å². The minimum Gasteiger partial charge on any atom is -0.469 e. The van der Waals surface area contributed by atoms with Gasteiger partial charge in [0, 0.05) is 36.9 Å². The van der Waals surface area contributed by atoms with Gasteiger partial charge in [-0.2, -0.15) is 0 Å². The van der Waals surface area contributed by atoms with Crippen molar-refractivity contribution in [1.82, 2.24) is 10.2 Å². The highest BCUT2D eigenvalue weighted by atomic mass is 32.1. The van der Waals surface area contributed by atoms with Gasteiger partial charge in [-0.25, -0.2) is 0 Å². The maximum absolute atomic E-state index is 11.8. The first-order valence-corrected chi connectivity index (χ1v) is 14.4. The molecule has 5 rings (SSSR count). The summed E-state index contributed by atoms with van der Waals surface area (Å²) in [6, 6.07) is 8.81. The quantitative estimate of drug-likeness (QED) is 0.423. The SMILES string of the molecule is COC(=O)[C@H]1CC[C@H](c2nnc(-c3ccc(N4CCC(OCC5CCCCC5)CC4)cc3)s2)CC1. The van der Waals surface area contributed by atoms with Crippen molar-refractivity contribution in [1.29, 1.82) is 0 Å². The summed E-state index contributed by atoms with van der Waals surface area (Å²) >= 11 is 1.70. The van der Waals surface area contributed by atoms with Gasteiger partial charge in [-0.15, -0.1) is 10.2 Å². The molecule has 0 amide bonds. The summed E-state index contributed by atoms with van der Waals surface area (Å²) in [5.74, 6) is 1.18. The topological polar surface area (TPSA) is 64.5 Å². The van der Waals surface area contributed by atoms with E-state index >= 15 is 0 Å². The molecule has 1 aromatic heterocycles. The Balaban J connectivity index is 1.10. The molecule has 0 N–H and O–H groups in total. The molecule has 0 unspecified atom stereocenters. The molecule has 2 heterocycles. The summed E-state index contributed by atoms with van der Waals surface area (Å²) in [6.45, 7) is 3.09. The first kappa shape index (κ1) is 24.7. The molecule has 190 valence electrons. The van der Waals surface area contributed by atoms with E-state index in [1.54, 1.807) is 11.3 Å². The molecule has 3 aliphatic rings. The zero-order valence-corrected chi connectivity index (χ0v) is 21.8. The molecule has 2 aliphatic carbocycles. The Morgan fingerprint density at radius 3 is 2.34 bits per heavy atom. The van der Waals surface area contributed by atoms with Crippen molar-refractivity contribution < 1.29 is 14.3 Å². The second kappa shape index (κ2) is 11.8. The number of anilines is 1. The highest BCUT2D eigenvalue weighted by Crippen LogP contribution is 2.39. The summed E-state index contributed by atoms with van der Waals surface area (Å²) in [4.78, 5) is 14.3. The van der Waals surface area contributed by atoms with E-state index < -0.39 is 0 Å². The number of rotatable bonds is 7. The fraction of sp³-hybridized carbons (Fsp3) is 0.679. The third kappa shape index (κ3) is 6.23. The Kier molecular flexibility index (Phi) is 8.35. The van der Waals surface area contributed by atoms with E-state index in [2.05, 4.69) is 39.4 Å². The lowest BCUT2D eigenvalue weighted by atomic mass is 9.82. The van der Waals surface area contributed by atoms with Crippen LogP contribution in [0.4, 0.5) is 5.69 Å². The summed E-state index contributed by atoms with van der Waals surface area (Å²) in [5.41, 5.74) is 2.41. The molecular formula is C28H39N3O3S. The van der Waals surface area contributed by atoms with Crippen LogP contribution in [0.1, 0.15) is 81.6 Å². The molecule has 1 saturated heterocycles. The van der Waals surface area contributed by atoms with Gasteiger partial charge in [-0.05, 0) is 81.5 Å². The Hall–Kier alpha value is -1.99. The molecule has 3 fully saturated rings. The molecule has 0 radical (unpaired) electrons. The minimum absolute atomic E-state index is 0.0460. The van der Waals surface area contributed by atoms with Crippen LogP contribution in [0.2, 0.25) is 0 Å². The molecule has 2 aromatic rings. The summed E-state index contributed by atoms with van der Waals surface area (Å²) in [6.07, 6.45) is 13.3. The van der Waals surface area contributed by atoms with Crippen molar-refractivity contribution in [3.05, 3.63) is 29.3 Å². The summed E-state index contributed by atoms with van der Waals surface area (Å²) < 4.78 is 11.2. The Morgan fingerprint density at radius 1 is 0.943 bits per heavy atom. The van der Waals surface area contributed by atoms with Crippen LogP contribution in [0.25, 0.3) is 10.6 Å². The van der Waals surface area contributed by atoms with Gasteiger partial charge >= 0.3 is 5.97 Å². The first-order valence-electron chi connectivity index (χ1n) is 13.6. The van der Waals surface area contributed by atoms with E-state index in [4.69, 9.17) is 9.47 Å². The maximum atomic E-state index is 11.8. The number of nitrogens with zero attached hydrogens (tertiary/aromatic N) is 3. The standard InChI is InChI=1S/C28H39N3O3S/c1-33-28(32)23-9-7-21(8-10-23)26-29-30-27(35-26)22-11-13-24(14-12-22)31-17-15-25(16-18-31)34-19-20-5-3-2-4-6-20/h11-14,20-21,23,25H,2-10,15-19H2,1H3/t21-,23-. The molecule has 1 aromatic carbocycles. The number of benzene rings is 1. The number of carbonyl (C=O) groups is 1. The molecule has 0 spiro atoms. The van der Waals surface area contributed by atoms with Gasteiger partial charge in [-0.1, -0.05) is 30.6 Å². The lowest BCUT2D eigenvalue weighted by molar-refractivity contribution is -0.146. The van der Waals surface area contributed by atoms with Gasteiger partial charge in [0.1, 0.15) is 10.0 Å². The van der Waals surface area contributed by atoms with Crippen LogP contribution in [-0.2, 0) is 14.3 Å². The van der Waals surface area contributed by atoms with Crippen LogP contribution in [0.15, 0.2) is 24.3 Å². The van der Waals surface area contributed by atoms with Crippen LogP contribution in [0, 0.1) is 11.8 Å². The average Bonchev–Trinajstić information content (AvgIpc) is 3.43. The number of esters is 1. The second-order valence-electron chi connectivity index (χ2n) is 10.6. The molecule has 7 heteroatoms. The van der Waals surface area contributed by atoms with Crippen LogP contribution < -0.4 is 4.90 Å². The van der Waals surface area contributed by atoms with Crippen molar-refractivity contribution in [3.8, 4) is 10.6 Å². The largest absolute Gasteiger partial charge is 0.469 e. The smallest absolute Gasteiger partial charge is 0.308 e. The third-order valence-electron chi connectivity index (χ3n) is 8.27. The number of carbonyl (C=O) groups excluding carboxylic acids is 1. The highest BCUT2D eigenvalue weighted by Gasteiger charge is 2.29. The van der Waals surface area contributed by atoms with Gasteiger partial charge in [0.15, 0.2) is 0 Å². The van der Waals surface area contributed by atoms with Crippen LogP contribution >= 0.6 is 11.3 Å². The zero-order valence-electron chi connectivity index (χ0n) is 21.0. The minimum atomic E-state index is -0.0716. The van der Waals surface area contributed by atoms with E-state index in [0.717, 1.165) is 79.7 Å². The van der Waals surface area contributed by atoms with Crippen molar-refractivity contribution >= 4 is 23.0 Å². The van der Waals surface area contributed by atoms with E-state index in [1.165, 1.54) is 44.9 Å². The van der Waals surface area contributed by atoms with Gasteiger partial charge in [-0.3, -0.25) is 4.79 Å². The van der Waals surface area contributed by atoms with Gasteiger partial charge in [0.2, 0.25) is 0 Å². The number of piperidine rings is 1. The Bertz CT molecular complexity index is 941. The summed E-state index contributed by atoms with van der Waals surface area (Å²) in [7, 11) is 1.48. The summed E-state index contributed by atoms with van der Waals surface area (Å²) in [5, 5.41) is 11.1. The number of methoxy groups -OCH3 is 1. The molecule has 0 bridgehead atoms. The Labute approximate surface area is 213 Å².